The van der Waals surface area contributed by atoms with Gasteiger partial charge >= 0.3 is 5.97 Å². The molecule has 1 aliphatic carbocycles. The van der Waals surface area contributed by atoms with Crippen LogP contribution in [0, 0.1) is 11.3 Å². The van der Waals surface area contributed by atoms with E-state index in [0.717, 1.165) is 51.4 Å². The van der Waals surface area contributed by atoms with Crippen molar-refractivity contribution in [1.82, 2.24) is 5.32 Å². The van der Waals surface area contributed by atoms with Crippen LogP contribution in [0.2, 0.25) is 0 Å². The van der Waals surface area contributed by atoms with Gasteiger partial charge in [0.1, 0.15) is 18.0 Å². The van der Waals surface area contributed by atoms with Crippen LogP contribution in [0.4, 0.5) is 11.4 Å². The van der Waals surface area contributed by atoms with Crippen molar-refractivity contribution < 1.29 is 28.4 Å². The van der Waals surface area contributed by atoms with E-state index in [-0.39, 0.29) is 33.9 Å². The zero-order valence-corrected chi connectivity index (χ0v) is 42.4. The number of esters is 1. The number of carbonyl (C=O) groups is 2. The second-order valence-electron chi connectivity index (χ2n) is 19.5. The molecule has 2 unspecified atom stereocenters. The van der Waals surface area contributed by atoms with Gasteiger partial charge in [-0.15, -0.1) is 11.8 Å². The van der Waals surface area contributed by atoms with Crippen LogP contribution in [-0.4, -0.2) is 74.9 Å². The highest BCUT2D eigenvalue weighted by Crippen LogP contribution is 2.53. The molecule has 0 radical (unpaired) electrons. The number of likely N-dealkylation sites (N-methyl/N-ethyl adjacent to an activating group) is 1. The summed E-state index contributed by atoms with van der Waals surface area (Å²) in [6.07, 6.45) is 12.2. The van der Waals surface area contributed by atoms with Gasteiger partial charge in [0.15, 0.2) is 5.71 Å². The van der Waals surface area contributed by atoms with E-state index in [1.165, 1.54) is 51.8 Å². The Labute approximate surface area is 406 Å². The first-order chi connectivity index (χ1) is 32.5. The van der Waals surface area contributed by atoms with Gasteiger partial charge in [0.05, 0.1) is 32.2 Å². The molecule has 5 aromatic carbocycles. The summed E-state index contributed by atoms with van der Waals surface area (Å²) in [5, 5.41) is 7.43. The van der Waals surface area contributed by atoms with Gasteiger partial charge in [-0.25, -0.2) is 0 Å². The van der Waals surface area contributed by atoms with Crippen molar-refractivity contribution in [3.8, 4) is 11.5 Å². The zero-order valence-electron chi connectivity index (χ0n) is 41.6. The van der Waals surface area contributed by atoms with E-state index in [4.69, 9.17) is 19.9 Å². The number of amides is 1. The van der Waals surface area contributed by atoms with Crippen LogP contribution >= 0.6 is 11.8 Å². The highest BCUT2D eigenvalue weighted by atomic mass is 32.2. The SMILES string of the molecule is CCN1/C(=C/C=C2\C(/C=C/C3=[N+](CC)c4ccc5cc(OC)ccc5c4C3(C)C)=CCC(C(C)(C)C(=O)OC)C2Sc2ccc(C(=O)NCCN)cc2)C(C)(C)c2c1ccc1cc(OC)ccc21. The second-order valence-corrected chi connectivity index (χ2v) is 20.8. The lowest BCUT2D eigenvalue weighted by Crippen LogP contribution is -2.41. The van der Waals surface area contributed by atoms with E-state index in [1.54, 1.807) is 26.0 Å². The molecule has 68 heavy (non-hydrogen) atoms. The lowest BCUT2D eigenvalue weighted by Gasteiger charge is -2.41. The topological polar surface area (TPSA) is 106 Å². The van der Waals surface area contributed by atoms with Crippen molar-refractivity contribution in [3.63, 3.8) is 0 Å². The summed E-state index contributed by atoms with van der Waals surface area (Å²) in [6, 6.07) is 29.4. The Morgan fingerprint density at radius 3 is 2.09 bits per heavy atom. The minimum Gasteiger partial charge on any atom is -0.497 e. The average molecular weight is 932 g/mol. The molecule has 0 saturated carbocycles. The van der Waals surface area contributed by atoms with Gasteiger partial charge in [-0.3, -0.25) is 9.59 Å². The summed E-state index contributed by atoms with van der Waals surface area (Å²) in [7, 11) is 4.90. The van der Waals surface area contributed by atoms with Crippen LogP contribution in [-0.2, 0) is 20.4 Å². The molecule has 0 bridgehead atoms. The highest BCUT2D eigenvalue weighted by Gasteiger charge is 2.48. The lowest BCUT2D eigenvalue weighted by molar-refractivity contribution is -0.433. The van der Waals surface area contributed by atoms with Crippen LogP contribution in [0.1, 0.15) is 83.3 Å². The summed E-state index contributed by atoms with van der Waals surface area (Å²) in [6.45, 7) is 20.1. The maximum absolute atomic E-state index is 13.8. The predicted molar refractivity (Wildman–Crippen MR) is 280 cm³/mol. The standard InChI is InChI=1S/C58H66N4O5S/c1-12-61-47-28-17-38-34-40(65-9)20-24-43(38)51(47)57(5,6)49(61)30-19-36-16-27-46(56(3,4)55(64)67-11)53(68-42-22-14-37(15-23-42)54(63)60-33-32-59)45(36)26-31-50-58(7,8)52-44-25-21-41(66-10)35-39(44)18-29-48(52)62(50)13-2/h14-26,28-31,34-35,46,53H,12-13,27,32-33,59H2,1-11H3/p+1/b30-19+,45-26+,50-31+. The van der Waals surface area contributed by atoms with Gasteiger partial charge in [0, 0.05) is 69.8 Å². The number of nitrogens with one attached hydrogen (secondary N) is 1. The number of anilines is 1. The Kier molecular flexibility index (Phi) is 13.6. The number of methoxy groups -OCH3 is 3. The van der Waals surface area contributed by atoms with Crippen molar-refractivity contribution in [3.05, 3.63) is 149 Å². The molecule has 354 valence electrons. The Morgan fingerprint density at radius 2 is 1.49 bits per heavy atom. The van der Waals surface area contributed by atoms with Gasteiger partial charge < -0.3 is 30.2 Å². The molecule has 3 aliphatic rings. The Hall–Kier alpha value is -6.10. The van der Waals surface area contributed by atoms with Gasteiger partial charge in [0.2, 0.25) is 5.69 Å². The third kappa shape index (κ3) is 8.44. The molecule has 9 nitrogen and oxygen atoms in total. The monoisotopic (exact) mass is 931 g/mol. The van der Waals surface area contributed by atoms with Crippen LogP contribution < -0.4 is 25.4 Å². The molecule has 0 spiro atoms. The Morgan fingerprint density at radius 1 is 0.838 bits per heavy atom. The molecule has 10 heteroatoms. The molecule has 0 fully saturated rings. The number of allylic oxidation sites excluding steroid dienone is 7. The first kappa shape index (κ1) is 48.4. The van der Waals surface area contributed by atoms with Crippen LogP contribution in [0.3, 0.4) is 0 Å². The molecule has 3 N–H and O–H groups in total. The third-order valence-corrected chi connectivity index (χ3v) is 16.0. The fraction of sp³-hybridized carbons (Fsp3) is 0.362. The number of thioether (sulfide) groups is 1. The molecule has 8 rings (SSSR count). The van der Waals surface area contributed by atoms with Crippen molar-refractivity contribution in [2.24, 2.45) is 17.1 Å². The van der Waals surface area contributed by atoms with Crippen LogP contribution in [0.25, 0.3) is 21.5 Å². The Bertz CT molecular complexity index is 2960. The largest absolute Gasteiger partial charge is 0.497 e. The second kappa shape index (κ2) is 19.1. The summed E-state index contributed by atoms with van der Waals surface area (Å²) < 4.78 is 19.2. The predicted octanol–water partition coefficient (Wildman–Crippen LogP) is 11.6. The minimum atomic E-state index is -0.836. The number of fused-ring (bicyclic) bond motifs is 6. The molecule has 0 aromatic heterocycles. The van der Waals surface area contributed by atoms with E-state index in [2.05, 4.69) is 147 Å². The number of hydrogen-bond acceptors (Lipinski definition) is 8. The molecule has 5 aromatic rings. The molecule has 1 amide bonds. The summed E-state index contributed by atoms with van der Waals surface area (Å²) in [4.78, 5) is 30.2. The smallest absolute Gasteiger partial charge is 0.311 e. The summed E-state index contributed by atoms with van der Waals surface area (Å²) >= 11 is 1.73. The number of nitrogens with two attached hydrogens (primary N) is 1. The molecule has 0 saturated heterocycles. The maximum atomic E-state index is 13.8. The minimum absolute atomic E-state index is 0.139. The first-order valence-corrected chi connectivity index (χ1v) is 24.7. The first-order valence-electron chi connectivity index (χ1n) is 23.8. The van der Waals surface area contributed by atoms with E-state index in [1.807, 2.05) is 38.1 Å². The molecular weight excluding hydrogens is 865 g/mol. The fourth-order valence-electron chi connectivity index (χ4n) is 11.0. The summed E-state index contributed by atoms with van der Waals surface area (Å²) in [5.41, 5.74) is 14.4. The molecule has 2 atom stereocenters. The summed E-state index contributed by atoms with van der Waals surface area (Å²) in [5.74, 6) is 1.13. The highest BCUT2D eigenvalue weighted by molar-refractivity contribution is 8.00. The quantitative estimate of drug-likeness (QED) is 0.0838. The van der Waals surface area contributed by atoms with Crippen molar-refractivity contribution in [1.29, 1.82) is 0 Å². The molecule has 2 heterocycles. The number of carbonyl (C=O) groups excluding carboxylic acids is 2. The van der Waals surface area contributed by atoms with E-state index >= 15 is 0 Å². The van der Waals surface area contributed by atoms with Crippen LogP contribution in [0.15, 0.2) is 137 Å². The zero-order chi connectivity index (χ0) is 48.7. The normalized spacial score (nSPS) is 19.8. The number of ether oxygens (including phenoxy) is 3. The van der Waals surface area contributed by atoms with E-state index in [9.17, 15) is 9.59 Å². The Balaban J connectivity index is 1.29. The van der Waals surface area contributed by atoms with Crippen LogP contribution in [0.5, 0.6) is 11.5 Å². The maximum Gasteiger partial charge on any atom is 0.311 e. The third-order valence-electron chi connectivity index (χ3n) is 14.6. The number of hydrogen-bond donors (Lipinski definition) is 2. The fourth-order valence-corrected chi connectivity index (χ4v) is 12.5. The van der Waals surface area contributed by atoms with Gasteiger partial charge in [0.25, 0.3) is 5.91 Å². The van der Waals surface area contributed by atoms with Crippen molar-refractivity contribution in [2.75, 3.05) is 52.4 Å². The van der Waals surface area contributed by atoms with E-state index in [0.29, 0.717) is 25.1 Å². The van der Waals surface area contributed by atoms with Crippen molar-refractivity contribution >= 4 is 62.3 Å². The number of rotatable bonds is 14. The average Bonchev–Trinajstić information content (AvgIpc) is 3.71. The van der Waals surface area contributed by atoms with Gasteiger partial charge in [-0.1, -0.05) is 44.2 Å². The van der Waals surface area contributed by atoms with Gasteiger partial charge in [-0.05, 0) is 165 Å². The van der Waals surface area contributed by atoms with E-state index < -0.39 is 5.41 Å². The van der Waals surface area contributed by atoms with Gasteiger partial charge in [-0.2, -0.15) is 4.58 Å². The molecule has 2 aliphatic heterocycles. The number of benzene rings is 5. The molecular formula is C58H67N4O5S+. The lowest BCUT2D eigenvalue weighted by atomic mass is 9.69. The van der Waals surface area contributed by atoms with Crippen molar-refractivity contribution in [2.45, 2.75) is 82.8 Å². The number of nitrogens with zero attached hydrogens (tertiary/aromatic N) is 2.